The summed E-state index contributed by atoms with van der Waals surface area (Å²) in [7, 11) is 0. The van der Waals surface area contributed by atoms with Crippen molar-refractivity contribution in [2.75, 3.05) is 16.8 Å². The molecule has 0 atom stereocenters. The number of thioether (sulfide) groups is 1. The number of hydrogen-bond acceptors (Lipinski definition) is 4. The number of carbonyl (C=O) groups is 1. The molecule has 1 aromatic carbocycles. The third-order valence-corrected chi connectivity index (χ3v) is 4.60. The average Bonchev–Trinajstić information content (AvgIpc) is 2.84. The Morgan fingerprint density at radius 2 is 2.28 bits per heavy atom. The summed E-state index contributed by atoms with van der Waals surface area (Å²) in [6.45, 7) is 0. The van der Waals surface area contributed by atoms with Crippen LogP contribution in [0.15, 0.2) is 39.9 Å². The normalized spacial score (nSPS) is 10.3. The molecule has 3 N–H and O–H groups in total. The lowest BCUT2D eigenvalue weighted by Crippen LogP contribution is -2.13. The SMILES string of the molecule is Nc1cc(NC(=O)CSc2cccs2)ccc1Cl. The van der Waals surface area contributed by atoms with Gasteiger partial charge in [0.05, 0.1) is 20.7 Å². The first-order valence-corrected chi connectivity index (χ1v) is 7.40. The van der Waals surface area contributed by atoms with Crippen LogP contribution in [0.3, 0.4) is 0 Å². The largest absolute Gasteiger partial charge is 0.397 e. The zero-order chi connectivity index (χ0) is 13.0. The molecule has 0 aliphatic heterocycles. The maximum atomic E-state index is 11.7. The summed E-state index contributed by atoms with van der Waals surface area (Å²) in [5.74, 6) is 0.318. The van der Waals surface area contributed by atoms with Crippen molar-refractivity contribution in [2.24, 2.45) is 0 Å². The summed E-state index contributed by atoms with van der Waals surface area (Å²) in [4.78, 5) is 11.7. The molecular weight excluding hydrogens is 288 g/mol. The number of hydrogen-bond donors (Lipinski definition) is 2. The van der Waals surface area contributed by atoms with Crippen LogP contribution in [-0.4, -0.2) is 11.7 Å². The number of carbonyl (C=O) groups excluding carboxylic acids is 1. The van der Waals surface area contributed by atoms with E-state index in [0.29, 0.717) is 22.2 Å². The molecule has 1 aromatic heterocycles. The second kappa shape index (κ2) is 6.13. The molecule has 0 bridgehead atoms. The minimum atomic E-state index is -0.0601. The maximum absolute atomic E-state index is 11.7. The van der Waals surface area contributed by atoms with E-state index in [2.05, 4.69) is 5.32 Å². The van der Waals surface area contributed by atoms with Crippen molar-refractivity contribution in [1.82, 2.24) is 0 Å². The van der Waals surface area contributed by atoms with Gasteiger partial charge in [-0.05, 0) is 29.6 Å². The maximum Gasteiger partial charge on any atom is 0.234 e. The highest BCUT2D eigenvalue weighted by atomic mass is 35.5. The van der Waals surface area contributed by atoms with Gasteiger partial charge in [-0.1, -0.05) is 17.7 Å². The van der Waals surface area contributed by atoms with E-state index in [9.17, 15) is 4.79 Å². The van der Waals surface area contributed by atoms with Gasteiger partial charge in [0.1, 0.15) is 0 Å². The fourth-order valence-corrected chi connectivity index (χ4v) is 3.00. The molecule has 0 spiro atoms. The molecule has 0 aliphatic rings. The molecule has 1 heterocycles. The monoisotopic (exact) mass is 298 g/mol. The Morgan fingerprint density at radius 1 is 1.44 bits per heavy atom. The molecule has 0 aliphatic carbocycles. The Morgan fingerprint density at radius 3 is 2.94 bits per heavy atom. The highest BCUT2D eigenvalue weighted by Crippen LogP contribution is 2.25. The number of nitrogens with two attached hydrogens (primary N) is 1. The van der Waals surface area contributed by atoms with Gasteiger partial charge in [0, 0.05) is 5.69 Å². The Labute approximate surface area is 118 Å². The summed E-state index contributed by atoms with van der Waals surface area (Å²) in [5, 5.41) is 5.25. The van der Waals surface area contributed by atoms with Crippen LogP contribution in [0.5, 0.6) is 0 Å². The van der Waals surface area contributed by atoms with Crippen molar-refractivity contribution in [3.05, 3.63) is 40.7 Å². The summed E-state index contributed by atoms with van der Waals surface area (Å²) in [5.41, 5.74) is 6.78. The van der Waals surface area contributed by atoms with Crippen molar-refractivity contribution < 1.29 is 4.79 Å². The highest BCUT2D eigenvalue weighted by molar-refractivity contribution is 8.01. The number of benzene rings is 1. The fraction of sp³-hybridized carbons (Fsp3) is 0.0833. The van der Waals surface area contributed by atoms with Gasteiger partial charge in [0.25, 0.3) is 0 Å². The van der Waals surface area contributed by atoms with Crippen molar-refractivity contribution in [3.8, 4) is 0 Å². The van der Waals surface area contributed by atoms with Crippen LogP contribution in [0.1, 0.15) is 0 Å². The van der Waals surface area contributed by atoms with E-state index in [1.807, 2.05) is 17.5 Å². The van der Waals surface area contributed by atoms with Gasteiger partial charge in [0.15, 0.2) is 0 Å². The third-order valence-electron chi connectivity index (χ3n) is 2.12. The molecule has 6 heteroatoms. The fourth-order valence-electron chi connectivity index (χ4n) is 1.30. The van der Waals surface area contributed by atoms with Crippen LogP contribution in [0.25, 0.3) is 0 Å². The van der Waals surface area contributed by atoms with Crippen molar-refractivity contribution in [1.29, 1.82) is 0 Å². The molecule has 18 heavy (non-hydrogen) atoms. The van der Waals surface area contributed by atoms with E-state index in [-0.39, 0.29) is 5.91 Å². The molecule has 1 amide bonds. The zero-order valence-electron chi connectivity index (χ0n) is 9.35. The molecule has 2 rings (SSSR count). The van der Waals surface area contributed by atoms with E-state index in [1.54, 1.807) is 29.5 Å². The van der Waals surface area contributed by atoms with Gasteiger partial charge in [-0.3, -0.25) is 4.79 Å². The van der Waals surface area contributed by atoms with Crippen molar-refractivity contribution in [2.45, 2.75) is 4.21 Å². The minimum Gasteiger partial charge on any atom is -0.397 e. The lowest BCUT2D eigenvalue weighted by Gasteiger charge is -2.06. The van der Waals surface area contributed by atoms with Crippen LogP contribution in [0.4, 0.5) is 11.4 Å². The molecular formula is C12H11ClN2OS2. The summed E-state index contributed by atoms with van der Waals surface area (Å²) in [6.07, 6.45) is 0. The van der Waals surface area contributed by atoms with Gasteiger partial charge in [-0.15, -0.1) is 23.1 Å². The van der Waals surface area contributed by atoms with E-state index in [1.165, 1.54) is 11.8 Å². The van der Waals surface area contributed by atoms with E-state index in [4.69, 9.17) is 17.3 Å². The van der Waals surface area contributed by atoms with E-state index in [0.717, 1.165) is 4.21 Å². The molecule has 0 saturated carbocycles. The quantitative estimate of drug-likeness (QED) is 0.668. The third kappa shape index (κ3) is 3.66. The molecule has 0 unspecified atom stereocenters. The lowest BCUT2D eigenvalue weighted by molar-refractivity contribution is -0.113. The molecule has 3 nitrogen and oxygen atoms in total. The first-order chi connectivity index (χ1) is 8.65. The summed E-state index contributed by atoms with van der Waals surface area (Å²) < 4.78 is 1.13. The van der Waals surface area contributed by atoms with Crippen LogP contribution in [0, 0.1) is 0 Å². The highest BCUT2D eigenvalue weighted by Gasteiger charge is 2.05. The number of amides is 1. The second-order valence-electron chi connectivity index (χ2n) is 3.51. The number of nitrogen functional groups attached to an aromatic ring is 1. The number of halogens is 1. The number of thiophene rings is 1. The Balaban J connectivity index is 1.88. The van der Waals surface area contributed by atoms with Crippen molar-refractivity contribution in [3.63, 3.8) is 0 Å². The standard InChI is InChI=1S/C12H11ClN2OS2/c13-9-4-3-8(6-10(9)14)15-11(16)7-18-12-2-1-5-17-12/h1-6H,7,14H2,(H,15,16). The summed E-state index contributed by atoms with van der Waals surface area (Å²) >= 11 is 8.94. The number of rotatable bonds is 4. The lowest BCUT2D eigenvalue weighted by atomic mass is 10.3. The smallest absolute Gasteiger partial charge is 0.234 e. The van der Waals surface area contributed by atoms with Crippen molar-refractivity contribution >= 4 is 52.0 Å². The summed E-state index contributed by atoms with van der Waals surface area (Å²) in [6, 6.07) is 9.00. The zero-order valence-corrected chi connectivity index (χ0v) is 11.7. The second-order valence-corrected chi connectivity index (χ2v) is 6.14. The average molecular weight is 299 g/mol. The van der Waals surface area contributed by atoms with Crippen LogP contribution in [-0.2, 0) is 4.79 Å². The number of nitrogens with one attached hydrogen (secondary N) is 1. The Kier molecular flexibility index (Phi) is 4.52. The van der Waals surface area contributed by atoms with Crippen LogP contribution in [0.2, 0.25) is 5.02 Å². The van der Waals surface area contributed by atoms with Gasteiger partial charge in [-0.25, -0.2) is 0 Å². The Bertz CT molecular complexity index is 543. The van der Waals surface area contributed by atoms with Crippen LogP contribution < -0.4 is 11.1 Å². The van der Waals surface area contributed by atoms with Gasteiger partial charge in [0.2, 0.25) is 5.91 Å². The van der Waals surface area contributed by atoms with Gasteiger partial charge < -0.3 is 11.1 Å². The predicted molar refractivity (Wildman–Crippen MR) is 79.5 cm³/mol. The topological polar surface area (TPSA) is 55.1 Å². The molecule has 2 aromatic rings. The molecule has 0 saturated heterocycles. The first-order valence-electron chi connectivity index (χ1n) is 5.16. The molecule has 94 valence electrons. The first kappa shape index (κ1) is 13.3. The number of anilines is 2. The van der Waals surface area contributed by atoms with Crippen LogP contribution >= 0.6 is 34.7 Å². The Hall–Kier alpha value is -1.17. The van der Waals surface area contributed by atoms with Gasteiger partial charge >= 0.3 is 0 Å². The molecule has 0 radical (unpaired) electrons. The van der Waals surface area contributed by atoms with E-state index < -0.39 is 0 Å². The minimum absolute atomic E-state index is 0.0601. The van der Waals surface area contributed by atoms with E-state index >= 15 is 0 Å². The van der Waals surface area contributed by atoms with Gasteiger partial charge in [-0.2, -0.15) is 0 Å². The molecule has 0 fully saturated rings. The predicted octanol–water partition coefficient (Wildman–Crippen LogP) is 3.71.